The monoisotopic (exact) mass is 361 g/mol. The van der Waals surface area contributed by atoms with Crippen LogP contribution in [0, 0.1) is 32.1 Å². The van der Waals surface area contributed by atoms with Crippen LogP contribution in [0.4, 0.5) is 5.69 Å². The van der Waals surface area contributed by atoms with Gasteiger partial charge in [0.1, 0.15) is 11.1 Å². The van der Waals surface area contributed by atoms with E-state index in [1.54, 1.807) is 0 Å². The highest BCUT2D eigenvalue weighted by atomic mass is 32.2. The number of rotatable bonds is 4. The maximum absolute atomic E-state index is 12.3. The predicted octanol–water partition coefficient (Wildman–Crippen LogP) is 4.76. The second-order valence-corrected chi connectivity index (χ2v) is 7.20. The van der Waals surface area contributed by atoms with Crippen LogP contribution in [0.3, 0.4) is 0 Å². The number of nitrogens with zero attached hydrogens (tertiary/aromatic N) is 2. The van der Waals surface area contributed by atoms with Crippen molar-refractivity contribution in [1.82, 2.24) is 4.98 Å². The van der Waals surface area contributed by atoms with Crippen LogP contribution in [-0.2, 0) is 4.79 Å². The Morgan fingerprint density at radius 3 is 2.58 bits per heavy atom. The Labute approximate surface area is 157 Å². The van der Waals surface area contributed by atoms with Gasteiger partial charge in [-0.05, 0) is 61.7 Å². The van der Waals surface area contributed by atoms with Crippen LogP contribution < -0.4 is 5.32 Å². The number of aromatic nitrogens is 1. The van der Waals surface area contributed by atoms with Gasteiger partial charge in [0.15, 0.2) is 0 Å². The highest BCUT2D eigenvalue weighted by molar-refractivity contribution is 8.00. The van der Waals surface area contributed by atoms with Gasteiger partial charge < -0.3 is 5.32 Å². The molecule has 1 amide bonds. The summed E-state index contributed by atoms with van der Waals surface area (Å²) in [6, 6.07) is 15.7. The molecule has 4 nitrogen and oxygen atoms in total. The number of carbonyl (C=O) groups is 1. The third-order valence-corrected chi connectivity index (χ3v) is 5.27. The van der Waals surface area contributed by atoms with E-state index in [-0.39, 0.29) is 11.7 Å². The molecular weight excluding hydrogens is 342 g/mol. The van der Waals surface area contributed by atoms with E-state index in [0.29, 0.717) is 10.6 Å². The van der Waals surface area contributed by atoms with Crippen LogP contribution in [0.15, 0.2) is 47.5 Å². The Bertz CT molecular complexity index is 1040. The van der Waals surface area contributed by atoms with Gasteiger partial charge in [-0.1, -0.05) is 30.0 Å². The molecule has 0 unspecified atom stereocenters. The van der Waals surface area contributed by atoms with Crippen molar-refractivity contribution in [2.45, 2.75) is 25.8 Å². The van der Waals surface area contributed by atoms with Crippen molar-refractivity contribution < 1.29 is 4.79 Å². The van der Waals surface area contributed by atoms with E-state index in [0.717, 1.165) is 27.7 Å². The molecule has 1 heterocycles. The maximum Gasteiger partial charge on any atom is 0.234 e. The van der Waals surface area contributed by atoms with Gasteiger partial charge in [-0.25, -0.2) is 4.98 Å². The quantitative estimate of drug-likeness (QED) is 0.680. The van der Waals surface area contributed by atoms with Crippen LogP contribution in [0.1, 0.15) is 22.3 Å². The number of benzene rings is 2. The molecule has 2 aromatic carbocycles. The summed E-state index contributed by atoms with van der Waals surface area (Å²) in [6.07, 6.45) is 0. The fraction of sp³-hybridized carbons (Fsp3) is 0.190. The lowest BCUT2D eigenvalue weighted by molar-refractivity contribution is -0.113. The Hall–Kier alpha value is -2.84. The van der Waals surface area contributed by atoms with Crippen molar-refractivity contribution in [3.63, 3.8) is 0 Å². The second-order valence-electron chi connectivity index (χ2n) is 6.23. The van der Waals surface area contributed by atoms with Crippen LogP contribution in [-0.4, -0.2) is 16.6 Å². The molecule has 26 heavy (non-hydrogen) atoms. The zero-order valence-electron chi connectivity index (χ0n) is 15.0. The summed E-state index contributed by atoms with van der Waals surface area (Å²) in [5, 5.41) is 13.9. The Kier molecular flexibility index (Phi) is 5.24. The van der Waals surface area contributed by atoms with Crippen molar-refractivity contribution >= 4 is 34.3 Å². The van der Waals surface area contributed by atoms with Crippen molar-refractivity contribution in [2.75, 3.05) is 11.1 Å². The average molecular weight is 361 g/mol. The molecule has 0 aliphatic rings. The Balaban J connectivity index is 1.80. The number of aryl methyl sites for hydroxylation is 3. The Morgan fingerprint density at radius 1 is 1.12 bits per heavy atom. The van der Waals surface area contributed by atoms with Gasteiger partial charge in [-0.15, -0.1) is 0 Å². The summed E-state index contributed by atoms with van der Waals surface area (Å²) in [6.45, 7) is 6.03. The Morgan fingerprint density at radius 2 is 1.85 bits per heavy atom. The van der Waals surface area contributed by atoms with E-state index in [9.17, 15) is 10.1 Å². The average Bonchev–Trinajstić information content (AvgIpc) is 2.62. The van der Waals surface area contributed by atoms with E-state index in [1.807, 2.05) is 63.2 Å². The molecule has 130 valence electrons. The van der Waals surface area contributed by atoms with Gasteiger partial charge in [0.2, 0.25) is 5.91 Å². The zero-order valence-corrected chi connectivity index (χ0v) is 15.8. The molecule has 0 atom stereocenters. The molecule has 0 saturated heterocycles. The molecule has 0 spiro atoms. The van der Waals surface area contributed by atoms with Crippen molar-refractivity contribution in [3.8, 4) is 6.07 Å². The van der Waals surface area contributed by atoms with Gasteiger partial charge in [0.25, 0.3) is 0 Å². The van der Waals surface area contributed by atoms with Crippen LogP contribution in [0.25, 0.3) is 10.9 Å². The first-order valence-corrected chi connectivity index (χ1v) is 9.27. The standard InChI is InChI=1S/C21H19N3OS/c1-13-6-4-5-7-18(13)23-20(25)12-26-21-17(11-22)10-16-8-14(2)15(3)9-19(16)24-21/h4-10H,12H2,1-3H3,(H,23,25). The fourth-order valence-electron chi connectivity index (χ4n) is 2.65. The first kappa shape index (κ1) is 18.0. The van der Waals surface area contributed by atoms with Crippen LogP contribution >= 0.6 is 11.8 Å². The summed E-state index contributed by atoms with van der Waals surface area (Å²) >= 11 is 1.28. The lowest BCUT2D eigenvalue weighted by atomic mass is 10.1. The molecule has 0 radical (unpaired) electrons. The number of carbonyl (C=O) groups excluding carboxylic acids is 1. The number of nitrogens with one attached hydrogen (secondary N) is 1. The molecule has 0 fully saturated rings. The van der Waals surface area contributed by atoms with E-state index < -0.39 is 0 Å². The SMILES string of the molecule is Cc1cc2cc(C#N)c(SCC(=O)Nc3ccccc3C)nc2cc1C. The highest BCUT2D eigenvalue weighted by Crippen LogP contribution is 2.26. The van der Waals surface area contributed by atoms with Gasteiger partial charge in [0, 0.05) is 11.1 Å². The van der Waals surface area contributed by atoms with Gasteiger partial charge in [0.05, 0.1) is 16.8 Å². The van der Waals surface area contributed by atoms with Gasteiger partial charge in [-0.2, -0.15) is 5.26 Å². The van der Waals surface area contributed by atoms with Crippen LogP contribution in [0.2, 0.25) is 0 Å². The number of fused-ring (bicyclic) bond motifs is 1. The van der Waals surface area contributed by atoms with E-state index in [1.165, 1.54) is 17.3 Å². The third-order valence-electron chi connectivity index (χ3n) is 4.27. The summed E-state index contributed by atoms with van der Waals surface area (Å²) in [5.41, 5.74) is 5.47. The number of thioether (sulfide) groups is 1. The number of nitriles is 1. The van der Waals surface area contributed by atoms with E-state index >= 15 is 0 Å². The molecular formula is C21H19N3OS. The lowest BCUT2D eigenvalue weighted by Gasteiger charge is -2.09. The third kappa shape index (κ3) is 3.87. The lowest BCUT2D eigenvalue weighted by Crippen LogP contribution is -2.15. The second kappa shape index (κ2) is 7.59. The number of hydrogen-bond acceptors (Lipinski definition) is 4. The number of para-hydroxylation sites is 1. The first-order valence-electron chi connectivity index (χ1n) is 8.28. The summed E-state index contributed by atoms with van der Waals surface area (Å²) < 4.78 is 0. The molecule has 0 aliphatic heterocycles. The number of hydrogen-bond donors (Lipinski definition) is 1. The minimum Gasteiger partial charge on any atom is -0.325 e. The van der Waals surface area contributed by atoms with E-state index in [4.69, 9.17) is 0 Å². The van der Waals surface area contributed by atoms with Crippen molar-refractivity contribution in [1.29, 1.82) is 5.26 Å². The molecule has 5 heteroatoms. The topological polar surface area (TPSA) is 65.8 Å². The van der Waals surface area contributed by atoms with Gasteiger partial charge in [-0.3, -0.25) is 4.79 Å². The number of anilines is 1. The fourth-order valence-corrected chi connectivity index (χ4v) is 3.41. The minimum atomic E-state index is -0.116. The van der Waals surface area contributed by atoms with E-state index in [2.05, 4.69) is 16.4 Å². The molecule has 3 aromatic rings. The molecule has 1 N–H and O–H groups in total. The largest absolute Gasteiger partial charge is 0.325 e. The minimum absolute atomic E-state index is 0.116. The smallest absolute Gasteiger partial charge is 0.234 e. The molecule has 0 bridgehead atoms. The molecule has 3 rings (SSSR count). The molecule has 0 saturated carbocycles. The number of pyridine rings is 1. The normalized spacial score (nSPS) is 10.5. The first-order chi connectivity index (χ1) is 12.5. The molecule has 0 aliphatic carbocycles. The van der Waals surface area contributed by atoms with Crippen LogP contribution in [0.5, 0.6) is 0 Å². The highest BCUT2D eigenvalue weighted by Gasteiger charge is 2.12. The summed E-state index contributed by atoms with van der Waals surface area (Å²) in [4.78, 5) is 16.9. The maximum atomic E-state index is 12.3. The zero-order chi connectivity index (χ0) is 18.7. The predicted molar refractivity (Wildman–Crippen MR) is 106 cm³/mol. The number of amides is 1. The molecule has 1 aromatic heterocycles. The van der Waals surface area contributed by atoms with Crippen molar-refractivity contribution in [3.05, 3.63) is 64.7 Å². The van der Waals surface area contributed by atoms with Gasteiger partial charge >= 0.3 is 0 Å². The summed E-state index contributed by atoms with van der Waals surface area (Å²) in [7, 11) is 0. The van der Waals surface area contributed by atoms with Crippen molar-refractivity contribution in [2.24, 2.45) is 0 Å². The summed E-state index contributed by atoms with van der Waals surface area (Å²) in [5.74, 6) is 0.0852.